The molecule has 5 N–H and O–H groups in total. The van der Waals surface area contributed by atoms with Gasteiger partial charge in [-0.2, -0.15) is 0 Å². The summed E-state index contributed by atoms with van der Waals surface area (Å²) in [6.07, 6.45) is 0.881. The maximum atomic E-state index is 9.29. The van der Waals surface area contributed by atoms with Gasteiger partial charge in [-0.15, -0.1) is 0 Å². The summed E-state index contributed by atoms with van der Waals surface area (Å²) in [5.74, 6) is 0. The predicted molar refractivity (Wildman–Crippen MR) is 67.7 cm³/mol. The molecular formula is C12H15N3O2. The number of aromatic nitrogens is 1. The lowest BCUT2D eigenvalue weighted by atomic mass is 10.1. The smallest absolute Gasteiger partial charge is 0.0951 e. The molecule has 0 aliphatic heterocycles. The number of rotatable bonds is 4. The van der Waals surface area contributed by atoms with E-state index in [1.807, 2.05) is 18.2 Å². The molecule has 5 heteroatoms. The highest BCUT2D eigenvalue weighted by molar-refractivity contribution is 5.97. The fraction of sp³-hybridized carbons (Fsp3) is 0.250. The number of benzene rings is 1. The van der Waals surface area contributed by atoms with E-state index >= 15 is 0 Å². The number of pyridine rings is 1. The zero-order valence-corrected chi connectivity index (χ0v) is 9.30. The first kappa shape index (κ1) is 11.6. The zero-order chi connectivity index (χ0) is 12.3. The number of nitrogens with zero attached hydrogens (tertiary/aromatic N) is 1. The maximum Gasteiger partial charge on any atom is 0.0951 e. The van der Waals surface area contributed by atoms with Gasteiger partial charge in [0, 0.05) is 23.8 Å². The number of anilines is 2. The van der Waals surface area contributed by atoms with Crippen LogP contribution in [0.15, 0.2) is 30.5 Å². The van der Waals surface area contributed by atoms with Crippen LogP contribution in [0.3, 0.4) is 0 Å². The SMILES string of the molecule is Nc1cccc2c(NCC(O)CO)ccnc12. The number of hydrogen-bond donors (Lipinski definition) is 4. The molecule has 0 bridgehead atoms. The third-order valence-electron chi connectivity index (χ3n) is 2.54. The molecule has 0 spiro atoms. The van der Waals surface area contributed by atoms with E-state index in [-0.39, 0.29) is 13.2 Å². The van der Waals surface area contributed by atoms with Gasteiger partial charge in [0.2, 0.25) is 0 Å². The van der Waals surface area contributed by atoms with Crippen LogP contribution in [0.5, 0.6) is 0 Å². The van der Waals surface area contributed by atoms with E-state index in [0.29, 0.717) is 5.69 Å². The molecule has 0 saturated carbocycles. The van der Waals surface area contributed by atoms with Crippen LogP contribution in [0.1, 0.15) is 0 Å². The molecule has 0 saturated heterocycles. The second-order valence-corrected chi connectivity index (χ2v) is 3.82. The van der Waals surface area contributed by atoms with E-state index in [9.17, 15) is 5.11 Å². The molecule has 0 aliphatic carbocycles. The Balaban J connectivity index is 2.31. The van der Waals surface area contributed by atoms with Crippen molar-refractivity contribution in [2.45, 2.75) is 6.10 Å². The lowest BCUT2D eigenvalue weighted by molar-refractivity contribution is 0.105. The van der Waals surface area contributed by atoms with Crippen molar-refractivity contribution >= 4 is 22.3 Å². The number of hydrogen-bond acceptors (Lipinski definition) is 5. The summed E-state index contributed by atoms with van der Waals surface area (Å²) in [5.41, 5.74) is 8.02. The van der Waals surface area contributed by atoms with Crippen LogP contribution in [0, 0.1) is 0 Å². The molecule has 17 heavy (non-hydrogen) atoms. The van der Waals surface area contributed by atoms with E-state index < -0.39 is 6.10 Å². The fourth-order valence-corrected chi connectivity index (χ4v) is 1.65. The predicted octanol–water partition coefficient (Wildman–Crippen LogP) is 0.582. The molecule has 0 fully saturated rings. The molecule has 1 aromatic heterocycles. The average Bonchev–Trinajstić information content (AvgIpc) is 2.36. The summed E-state index contributed by atoms with van der Waals surface area (Å²) in [7, 11) is 0. The number of aliphatic hydroxyl groups excluding tert-OH is 2. The molecular weight excluding hydrogens is 218 g/mol. The van der Waals surface area contributed by atoms with Crippen LogP contribution in [0.2, 0.25) is 0 Å². The molecule has 5 nitrogen and oxygen atoms in total. The summed E-state index contributed by atoms with van der Waals surface area (Å²) in [4.78, 5) is 4.21. The highest BCUT2D eigenvalue weighted by atomic mass is 16.3. The van der Waals surface area contributed by atoms with Gasteiger partial charge in [-0.1, -0.05) is 12.1 Å². The first-order valence-electron chi connectivity index (χ1n) is 5.38. The number of fused-ring (bicyclic) bond motifs is 1. The third-order valence-corrected chi connectivity index (χ3v) is 2.54. The zero-order valence-electron chi connectivity index (χ0n) is 9.30. The number of nitrogens with one attached hydrogen (secondary N) is 1. The third kappa shape index (κ3) is 2.46. The molecule has 0 radical (unpaired) electrons. The topological polar surface area (TPSA) is 91.4 Å². The lowest BCUT2D eigenvalue weighted by Crippen LogP contribution is -2.23. The second kappa shape index (κ2) is 4.99. The van der Waals surface area contributed by atoms with Gasteiger partial charge in [0.05, 0.1) is 23.9 Å². The van der Waals surface area contributed by atoms with E-state index in [4.69, 9.17) is 10.8 Å². The Labute approximate surface area is 98.9 Å². The normalized spacial score (nSPS) is 12.6. The van der Waals surface area contributed by atoms with Crippen molar-refractivity contribution in [1.82, 2.24) is 4.98 Å². The maximum absolute atomic E-state index is 9.29. The van der Waals surface area contributed by atoms with Gasteiger partial charge in [0.15, 0.2) is 0 Å². The summed E-state index contributed by atoms with van der Waals surface area (Å²) >= 11 is 0. The largest absolute Gasteiger partial charge is 0.397 e. The quantitative estimate of drug-likeness (QED) is 0.580. The number of para-hydroxylation sites is 1. The van der Waals surface area contributed by atoms with Gasteiger partial charge >= 0.3 is 0 Å². The number of nitrogens with two attached hydrogens (primary N) is 1. The van der Waals surface area contributed by atoms with Crippen molar-refractivity contribution in [2.24, 2.45) is 0 Å². The van der Waals surface area contributed by atoms with Gasteiger partial charge in [-0.25, -0.2) is 0 Å². The van der Waals surface area contributed by atoms with Crippen molar-refractivity contribution < 1.29 is 10.2 Å². The summed E-state index contributed by atoms with van der Waals surface area (Å²) in [6.45, 7) is 0.0164. The molecule has 1 atom stereocenters. The summed E-state index contributed by atoms with van der Waals surface area (Å²) in [5, 5.41) is 22.0. The van der Waals surface area contributed by atoms with Crippen molar-refractivity contribution in [2.75, 3.05) is 24.2 Å². The highest BCUT2D eigenvalue weighted by Gasteiger charge is 2.06. The van der Waals surface area contributed by atoms with Crippen molar-refractivity contribution in [3.63, 3.8) is 0 Å². The average molecular weight is 233 g/mol. The minimum atomic E-state index is -0.778. The monoisotopic (exact) mass is 233 g/mol. The van der Waals surface area contributed by atoms with Gasteiger partial charge in [0.25, 0.3) is 0 Å². The molecule has 0 aliphatic rings. The number of nitrogen functional groups attached to an aromatic ring is 1. The van der Waals surface area contributed by atoms with Crippen LogP contribution in [0.4, 0.5) is 11.4 Å². The Morgan fingerprint density at radius 1 is 1.35 bits per heavy atom. The van der Waals surface area contributed by atoms with Crippen LogP contribution in [0.25, 0.3) is 10.9 Å². The van der Waals surface area contributed by atoms with Gasteiger partial charge in [-0.05, 0) is 12.1 Å². The van der Waals surface area contributed by atoms with Gasteiger partial charge in [0.1, 0.15) is 0 Å². The first-order chi connectivity index (χ1) is 8.22. The molecule has 1 heterocycles. The van der Waals surface area contributed by atoms with Crippen molar-refractivity contribution in [1.29, 1.82) is 0 Å². The van der Waals surface area contributed by atoms with E-state index in [2.05, 4.69) is 10.3 Å². The molecule has 0 amide bonds. The standard InChI is InChI=1S/C12H15N3O2/c13-10-3-1-2-9-11(4-5-14-12(9)10)15-6-8(17)7-16/h1-5,8,16-17H,6-7,13H2,(H,14,15). The lowest BCUT2D eigenvalue weighted by Gasteiger charge is -2.12. The molecule has 1 unspecified atom stereocenters. The van der Waals surface area contributed by atoms with Crippen LogP contribution < -0.4 is 11.1 Å². The Bertz CT molecular complexity index is 516. The highest BCUT2D eigenvalue weighted by Crippen LogP contribution is 2.25. The Morgan fingerprint density at radius 2 is 2.18 bits per heavy atom. The van der Waals surface area contributed by atoms with E-state index in [0.717, 1.165) is 16.6 Å². The molecule has 2 aromatic rings. The Morgan fingerprint density at radius 3 is 2.94 bits per heavy atom. The van der Waals surface area contributed by atoms with Crippen LogP contribution in [-0.4, -0.2) is 34.5 Å². The van der Waals surface area contributed by atoms with Gasteiger partial charge < -0.3 is 21.3 Å². The second-order valence-electron chi connectivity index (χ2n) is 3.82. The number of aliphatic hydroxyl groups is 2. The Kier molecular flexibility index (Phi) is 3.41. The van der Waals surface area contributed by atoms with Crippen LogP contribution >= 0.6 is 0 Å². The minimum Gasteiger partial charge on any atom is -0.397 e. The molecule has 1 aromatic carbocycles. The Hall–Kier alpha value is -1.85. The van der Waals surface area contributed by atoms with Crippen molar-refractivity contribution in [3.8, 4) is 0 Å². The summed E-state index contributed by atoms with van der Waals surface area (Å²) in [6, 6.07) is 7.37. The van der Waals surface area contributed by atoms with Crippen molar-refractivity contribution in [3.05, 3.63) is 30.5 Å². The molecule has 90 valence electrons. The van der Waals surface area contributed by atoms with E-state index in [1.165, 1.54) is 0 Å². The van der Waals surface area contributed by atoms with E-state index in [1.54, 1.807) is 12.3 Å². The fourth-order valence-electron chi connectivity index (χ4n) is 1.65. The van der Waals surface area contributed by atoms with Gasteiger partial charge in [-0.3, -0.25) is 4.98 Å². The molecule has 2 rings (SSSR count). The van der Waals surface area contributed by atoms with Crippen LogP contribution in [-0.2, 0) is 0 Å². The summed E-state index contributed by atoms with van der Waals surface area (Å²) < 4.78 is 0. The minimum absolute atomic E-state index is 0.266. The first-order valence-corrected chi connectivity index (χ1v) is 5.38.